The van der Waals surface area contributed by atoms with Crippen molar-refractivity contribution in [2.45, 2.75) is 42.9 Å². The Kier molecular flexibility index (Phi) is 5.92. The van der Waals surface area contributed by atoms with Crippen molar-refractivity contribution in [1.29, 1.82) is 0 Å². The van der Waals surface area contributed by atoms with E-state index in [2.05, 4.69) is 0 Å². The molecule has 0 amide bonds. The minimum absolute atomic E-state index is 0.362. The molecule has 1 fully saturated rings. The molecule has 4 heteroatoms. The predicted octanol–water partition coefficient (Wildman–Crippen LogP) is 4.13. The van der Waals surface area contributed by atoms with Gasteiger partial charge in [-0.25, -0.2) is 0 Å². The van der Waals surface area contributed by atoms with Crippen molar-refractivity contribution in [3.8, 4) is 0 Å². The van der Waals surface area contributed by atoms with Crippen LogP contribution < -0.4 is 0 Å². The fourth-order valence-electron chi connectivity index (χ4n) is 2.88. The van der Waals surface area contributed by atoms with Crippen molar-refractivity contribution in [2.24, 2.45) is 5.92 Å². The summed E-state index contributed by atoms with van der Waals surface area (Å²) in [6.45, 7) is 0. The zero-order valence-electron chi connectivity index (χ0n) is 11.9. The van der Waals surface area contributed by atoms with E-state index in [1.165, 1.54) is 25.7 Å². The number of benzene rings is 1. The summed E-state index contributed by atoms with van der Waals surface area (Å²) in [4.78, 5) is 12.6. The molecule has 2 rings (SSSR count). The summed E-state index contributed by atoms with van der Waals surface area (Å²) in [6, 6.07) is 7.88. The molecule has 3 nitrogen and oxygen atoms in total. The minimum Gasteiger partial charge on any atom is -0.481 e. The number of ether oxygens (including phenoxy) is 1. The number of rotatable bonds is 7. The van der Waals surface area contributed by atoms with Crippen LogP contribution in [0.25, 0.3) is 0 Å². The van der Waals surface area contributed by atoms with E-state index < -0.39 is 5.97 Å². The number of aliphatic carboxylic acids is 1. The molecule has 20 heavy (non-hydrogen) atoms. The van der Waals surface area contributed by atoms with Gasteiger partial charge in [0.1, 0.15) is 0 Å². The molecule has 0 saturated heterocycles. The number of thioether (sulfide) groups is 1. The molecule has 0 aliphatic heterocycles. The van der Waals surface area contributed by atoms with E-state index >= 15 is 0 Å². The second-order valence-corrected chi connectivity index (χ2v) is 6.39. The van der Waals surface area contributed by atoms with Gasteiger partial charge in [0, 0.05) is 12.0 Å². The smallest absolute Gasteiger partial charge is 0.310 e. The molecule has 0 bridgehead atoms. The van der Waals surface area contributed by atoms with E-state index in [9.17, 15) is 9.90 Å². The van der Waals surface area contributed by atoms with Crippen LogP contribution in [0.1, 0.15) is 43.6 Å². The largest absolute Gasteiger partial charge is 0.481 e. The van der Waals surface area contributed by atoms with Crippen molar-refractivity contribution in [3.05, 3.63) is 29.8 Å². The number of carboxylic acids is 1. The lowest BCUT2D eigenvalue weighted by atomic mass is 9.88. The Balaban J connectivity index is 2.02. The van der Waals surface area contributed by atoms with Crippen molar-refractivity contribution >= 4 is 17.7 Å². The number of methoxy groups -OCH3 is 1. The maximum Gasteiger partial charge on any atom is 0.310 e. The third-order valence-electron chi connectivity index (χ3n) is 3.97. The summed E-state index contributed by atoms with van der Waals surface area (Å²) in [5.74, 6) is 0.136. The molecule has 1 saturated carbocycles. The molecule has 0 spiro atoms. The Bertz CT molecular complexity index is 424. The molecule has 0 aromatic heterocycles. The summed E-state index contributed by atoms with van der Waals surface area (Å²) in [6.07, 6.45) is 5.66. The Hall–Kier alpha value is -1.00. The van der Waals surface area contributed by atoms with Gasteiger partial charge in [0.2, 0.25) is 0 Å². The minimum atomic E-state index is -0.700. The third kappa shape index (κ3) is 4.25. The SMILES string of the molecule is COCSc1ccc([C@@H](CC2CCCC2)C(=O)O)cc1. The summed E-state index contributed by atoms with van der Waals surface area (Å²) >= 11 is 1.61. The van der Waals surface area contributed by atoms with Gasteiger partial charge in [0.15, 0.2) is 0 Å². The summed E-state index contributed by atoms with van der Waals surface area (Å²) in [5.41, 5.74) is 0.922. The van der Waals surface area contributed by atoms with E-state index in [1.54, 1.807) is 18.9 Å². The molecule has 1 N–H and O–H groups in total. The molecule has 1 aromatic carbocycles. The van der Waals surface area contributed by atoms with Crippen LogP contribution in [0.4, 0.5) is 0 Å². The highest BCUT2D eigenvalue weighted by Crippen LogP contribution is 2.34. The topological polar surface area (TPSA) is 46.5 Å². The third-order valence-corrected chi connectivity index (χ3v) is 4.93. The molecule has 1 atom stereocenters. The molecule has 0 heterocycles. The molecule has 1 aliphatic carbocycles. The zero-order valence-corrected chi connectivity index (χ0v) is 12.7. The second-order valence-electron chi connectivity index (χ2n) is 5.40. The summed E-state index contributed by atoms with van der Waals surface area (Å²) in [7, 11) is 1.67. The highest BCUT2D eigenvalue weighted by molar-refractivity contribution is 7.99. The van der Waals surface area contributed by atoms with Gasteiger partial charge in [-0.2, -0.15) is 0 Å². The Morgan fingerprint density at radius 2 is 2.00 bits per heavy atom. The average Bonchev–Trinajstić information content (AvgIpc) is 2.96. The van der Waals surface area contributed by atoms with Crippen LogP contribution in [0.3, 0.4) is 0 Å². The first kappa shape index (κ1) is 15.4. The van der Waals surface area contributed by atoms with Crippen LogP contribution in [-0.2, 0) is 9.53 Å². The maximum absolute atomic E-state index is 11.5. The number of hydrogen-bond acceptors (Lipinski definition) is 3. The molecular weight excluding hydrogens is 272 g/mol. The Morgan fingerprint density at radius 3 is 2.55 bits per heavy atom. The molecule has 110 valence electrons. The first-order valence-corrected chi connectivity index (χ1v) is 8.13. The van der Waals surface area contributed by atoms with Crippen LogP contribution in [0.2, 0.25) is 0 Å². The normalized spacial score (nSPS) is 17.2. The Labute approximate surface area is 124 Å². The number of carbonyl (C=O) groups is 1. The van der Waals surface area contributed by atoms with Gasteiger partial charge < -0.3 is 9.84 Å². The van der Waals surface area contributed by atoms with E-state index in [0.717, 1.165) is 16.9 Å². The molecule has 0 radical (unpaired) electrons. The molecular formula is C16H22O3S. The van der Waals surface area contributed by atoms with Crippen molar-refractivity contribution < 1.29 is 14.6 Å². The first-order chi connectivity index (χ1) is 9.70. The van der Waals surface area contributed by atoms with Gasteiger partial charge >= 0.3 is 5.97 Å². The lowest BCUT2D eigenvalue weighted by molar-refractivity contribution is -0.139. The second kappa shape index (κ2) is 7.70. The van der Waals surface area contributed by atoms with E-state index in [4.69, 9.17) is 4.74 Å². The Morgan fingerprint density at radius 1 is 1.35 bits per heavy atom. The van der Waals surface area contributed by atoms with Crippen LogP contribution in [0, 0.1) is 5.92 Å². The van der Waals surface area contributed by atoms with E-state index in [0.29, 0.717) is 11.9 Å². The van der Waals surface area contributed by atoms with Gasteiger partial charge in [0.25, 0.3) is 0 Å². The summed E-state index contributed by atoms with van der Waals surface area (Å²) in [5, 5.41) is 9.47. The number of carboxylic acid groups (broad SMARTS) is 1. The quantitative estimate of drug-likeness (QED) is 0.606. The van der Waals surface area contributed by atoms with Crippen LogP contribution in [-0.4, -0.2) is 24.1 Å². The highest BCUT2D eigenvalue weighted by Gasteiger charge is 2.26. The van der Waals surface area contributed by atoms with Crippen molar-refractivity contribution in [3.63, 3.8) is 0 Å². The number of hydrogen-bond donors (Lipinski definition) is 1. The molecule has 0 unspecified atom stereocenters. The zero-order chi connectivity index (χ0) is 14.4. The van der Waals surface area contributed by atoms with Crippen LogP contribution >= 0.6 is 11.8 Å². The van der Waals surface area contributed by atoms with Gasteiger partial charge in [-0.1, -0.05) is 49.6 Å². The summed E-state index contributed by atoms with van der Waals surface area (Å²) < 4.78 is 5.02. The van der Waals surface area contributed by atoms with Gasteiger partial charge in [-0.3, -0.25) is 4.79 Å². The lowest BCUT2D eigenvalue weighted by Gasteiger charge is -2.17. The molecule has 1 aromatic rings. The van der Waals surface area contributed by atoms with E-state index in [1.807, 2.05) is 24.3 Å². The molecule has 1 aliphatic rings. The van der Waals surface area contributed by atoms with Crippen LogP contribution in [0.5, 0.6) is 0 Å². The predicted molar refractivity (Wildman–Crippen MR) is 81.1 cm³/mol. The first-order valence-electron chi connectivity index (χ1n) is 7.15. The lowest BCUT2D eigenvalue weighted by Crippen LogP contribution is -2.15. The standard InChI is InChI=1S/C16H22O3S/c1-19-11-20-14-8-6-13(7-9-14)15(16(17)18)10-12-4-2-3-5-12/h6-9,12,15H,2-5,10-11H2,1H3,(H,17,18)/t15-/m1/s1. The van der Waals surface area contributed by atoms with Crippen LogP contribution in [0.15, 0.2) is 29.2 Å². The van der Waals surface area contributed by atoms with E-state index in [-0.39, 0.29) is 5.92 Å². The van der Waals surface area contributed by atoms with Gasteiger partial charge in [-0.05, 0) is 30.0 Å². The monoisotopic (exact) mass is 294 g/mol. The van der Waals surface area contributed by atoms with Crippen molar-refractivity contribution in [1.82, 2.24) is 0 Å². The average molecular weight is 294 g/mol. The maximum atomic E-state index is 11.5. The highest BCUT2D eigenvalue weighted by atomic mass is 32.2. The fourth-order valence-corrected chi connectivity index (χ4v) is 3.46. The van der Waals surface area contributed by atoms with Gasteiger partial charge in [-0.15, -0.1) is 0 Å². The van der Waals surface area contributed by atoms with Crippen molar-refractivity contribution in [2.75, 3.05) is 13.0 Å². The van der Waals surface area contributed by atoms with Gasteiger partial charge in [0.05, 0.1) is 11.9 Å². The fraction of sp³-hybridized carbons (Fsp3) is 0.562.